The zero-order valence-electron chi connectivity index (χ0n) is 10.4. The van der Waals surface area contributed by atoms with Crippen molar-refractivity contribution in [3.8, 4) is 0 Å². The van der Waals surface area contributed by atoms with Gasteiger partial charge in [0.05, 0.1) is 6.04 Å². The fourth-order valence-electron chi connectivity index (χ4n) is 1.15. The molecule has 0 spiro atoms. The highest BCUT2D eigenvalue weighted by Crippen LogP contribution is 2.14. The predicted octanol–water partition coefficient (Wildman–Crippen LogP) is 2.73. The van der Waals surface area contributed by atoms with Crippen LogP contribution in [0.25, 0.3) is 0 Å². The molecule has 0 saturated heterocycles. The Morgan fingerprint density at radius 1 is 1.65 bits per heavy atom. The van der Waals surface area contributed by atoms with Crippen molar-refractivity contribution >= 4 is 6.09 Å². The average molecular weight is 244 g/mol. The first-order valence-corrected chi connectivity index (χ1v) is 5.33. The van der Waals surface area contributed by atoms with Gasteiger partial charge in [-0.15, -0.1) is 0 Å². The Bertz CT molecular complexity index is 384. The largest absolute Gasteiger partial charge is 0.444 e. The van der Waals surface area contributed by atoms with Crippen molar-refractivity contribution in [2.24, 2.45) is 0 Å². The third-order valence-electron chi connectivity index (χ3n) is 1.89. The maximum atomic E-state index is 12.2. The molecule has 96 valence electrons. The maximum Gasteiger partial charge on any atom is 0.408 e. The molecule has 5 nitrogen and oxygen atoms in total. The lowest BCUT2D eigenvalue weighted by Gasteiger charge is -2.21. The third-order valence-corrected chi connectivity index (χ3v) is 1.89. The number of rotatable bonds is 3. The first-order valence-electron chi connectivity index (χ1n) is 5.33. The standard InChI is InChI=1S/C11H17FN2O3/c1-7(9-5-8(6-12)17-14-9)13-10(15)16-11(2,3)4/h5,7H,6H2,1-4H3,(H,13,15)/t7-/m1/s1. The number of alkyl halides is 1. The number of nitrogens with zero attached hydrogens (tertiary/aromatic N) is 1. The van der Waals surface area contributed by atoms with E-state index in [1.807, 2.05) is 0 Å². The minimum absolute atomic E-state index is 0.137. The van der Waals surface area contributed by atoms with Gasteiger partial charge in [0.25, 0.3) is 0 Å². The van der Waals surface area contributed by atoms with Gasteiger partial charge in [-0.3, -0.25) is 0 Å². The van der Waals surface area contributed by atoms with Crippen LogP contribution in [0.3, 0.4) is 0 Å². The van der Waals surface area contributed by atoms with E-state index in [2.05, 4.69) is 10.5 Å². The molecule has 0 fully saturated rings. The molecule has 6 heteroatoms. The molecule has 0 aliphatic heterocycles. The van der Waals surface area contributed by atoms with E-state index in [0.717, 1.165) is 0 Å². The van der Waals surface area contributed by atoms with E-state index in [9.17, 15) is 9.18 Å². The summed E-state index contributed by atoms with van der Waals surface area (Å²) in [6.45, 7) is 6.31. The number of aromatic nitrogens is 1. The predicted molar refractivity (Wildman–Crippen MR) is 59.1 cm³/mol. The lowest BCUT2D eigenvalue weighted by Crippen LogP contribution is -2.34. The Hall–Kier alpha value is -1.59. The zero-order valence-corrected chi connectivity index (χ0v) is 10.4. The number of hydrogen-bond donors (Lipinski definition) is 1. The molecule has 0 aliphatic rings. The summed E-state index contributed by atoms with van der Waals surface area (Å²) in [5.74, 6) is 0.137. The minimum atomic E-state index is -0.716. The second kappa shape index (κ2) is 5.16. The molecule has 0 aromatic carbocycles. The second-order valence-corrected chi connectivity index (χ2v) is 4.72. The Balaban J connectivity index is 2.54. The Kier molecular flexibility index (Phi) is 4.09. The number of hydrogen-bond acceptors (Lipinski definition) is 4. The highest BCUT2D eigenvalue weighted by atomic mass is 19.1. The van der Waals surface area contributed by atoms with E-state index in [1.54, 1.807) is 27.7 Å². The van der Waals surface area contributed by atoms with Gasteiger partial charge in [0.2, 0.25) is 0 Å². The van der Waals surface area contributed by atoms with Crippen LogP contribution in [0.15, 0.2) is 10.6 Å². The fraction of sp³-hybridized carbons (Fsp3) is 0.636. The molecular weight excluding hydrogens is 227 g/mol. The first kappa shape index (κ1) is 13.5. The van der Waals surface area contributed by atoms with Gasteiger partial charge in [0, 0.05) is 6.07 Å². The molecule has 1 heterocycles. The van der Waals surface area contributed by atoms with Crippen molar-refractivity contribution in [2.45, 2.75) is 46.0 Å². The second-order valence-electron chi connectivity index (χ2n) is 4.72. The lowest BCUT2D eigenvalue weighted by molar-refractivity contribution is 0.0506. The zero-order chi connectivity index (χ0) is 13.1. The van der Waals surface area contributed by atoms with Crippen molar-refractivity contribution in [1.82, 2.24) is 10.5 Å². The van der Waals surface area contributed by atoms with Crippen LogP contribution in [0.2, 0.25) is 0 Å². The van der Waals surface area contributed by atoms with Gasteiger partial charge < -0.3 is 14.6 Å². The number of amides is 1. The van der Waals surface area contributed by atoms with Crippen LogP contribution >= 0.6 is 0 Å². The van der Waals surface area contributed by atoms with Crippen molar-refractivity contribution < 1.29 is 18.4 Å². The summed E-state index contributed by atoms with van der Waals surface area (Å²) in [6, 6.07) is 1.07. The normalized spacial score (nSPS) is 13.2. The molecule has 1 amide bonds. The van der Waals surface area contributed by atoms with Gasteiger partial charge in [0.1, 0.15) is 18.0 Å². The number of ether oxygens (including phenoxy) is 1. The molecule has 1 N–H and O–H groups in total. The molecule has 0 saturated carbocycles. The van der Waals surface area contributed by atoms with Crippen LogP contribution in [0.1, 0.15) is 45.2 Å². The van der Waals surface area contributed by atoms with Crippen molar-refractivity contribution in [3.05, 3.63) is 17.5 Å². The van der Waals surface area contributed by atoms with Crippen LogP contribution in [0.5, 0.6) is 0 Å². The van der Waals surface area contributed by atoms with E-state index in [-0.39, 0.29) is 5.76 Å². The number of carbonyl (C=O) groups is 1. The third kappa shape index (κ3) is 4.42. The van der Waals surface area contributed by atoms with Gasteiger partial charge in [-0.1, -0.05) is 5.16 Å². The summed E-state index contributed by atoms with van der Waals surface area (Å²) in [5, 5.41) is 6.24. The highest BCUT2D eigenvalue weighted by Gasteiger charge is 2.19. The summed E-state index contributed by atoms with van der Waals surface area (Å²) in [4.78, 5) is 11.5. The quantitative estimate of drug-likeness (QED) is 0.887. The van der Waals surface area contributed by atoms with Crippen LogP contribution < -0.4 is 5.32 Å². The summed E-state index contributed by atoms with van der Waals surface area (Å²) in [5.41, 5.74) is -0.0962. The smallest absolute Gasteiger partial charge is 0.408 e. The Morgan fingerprint density at radius 3 is 2.76 bits per heavy atom. The summed E-state index contributed by atoms with van der Waals surface area (Å²) in [7, 11) is 0. The molecule has 0 bridgehead atoms. The molecule has 1 aromatic rings. The van der Waals surface area contributed by atoms with Crippen molar-refractivity contribution in [2.75, 3.05) is 0 Å². The molecule has 1 rings (SSSR count). The van der Waals surface area contributed by atoms with E-state index < -0.39 is 24.4 Å². The van der Waals surface area contributed by atoms with E-state index in [0.29, 0.717) is 5.69 Å². The van der Waals surface area contributed by atoms with Crippen LogP contribution in [-0.2, 0) is 11.4 Å². The van der Waals surface area contributed by atoms with Crippen LogP contribution in [0, 0.1) is 0 Å². The van der Waals surface area contributed by atoms with Crippen molar-refractivity contribution in [3.63, 3.8) is 0 Å². The Morgan fingerprint density at radius 2 is 2.29 bits per heavy atom. The lowest BCUT2D eigenvalue weighted by atomic mass is 10.2. The summed E-state index contributed by atoms with van der Waals surface area (Å²) < 4.78 is 22.0. The molecule has 1 aromatic heterocycles. The number of nitrogens with one attached hydrogen (secondary N) is 1. The van der Waals surface area contributed by atoms with Gasteiger partial charge in [-0.05, 0) is 27.7 Å². The summed E-state index contributed by atoms with van der Waals surface area (Å²) in [6.07, 6.45) is -0.546. The van der Waals surface area contributed by atoms with E-state index in [4.69, 9.17) is 9.26 Å². The monoisotopic (exact) mass is 244 g/mol. The molecule has 0 unspecified atom stereocenters. The van der Waals surface area contributed by atoms with E-state index >= 15 is 0 Å². The fourth-order valence-corrected chi connectivity index (χ4v) is 1.15. The van der Waals surface area contributed by atoms with Gasteiger partial charge in [-0.2, -0.15) is 0 Å². The van der Waals surface area contributed by atoms with E-state index in [1.165, 1.54) is 6.07 Å². The maximum absolute atomic E-state index is 12.2. The number of carbonyl (C=O) groups excluding carboxylic acids is 1. The van der Waals surface area contributed by atoms with Gasteiger partial charge in [-0.25, -0.2) is 9.18 Å². The highest BCUT2D eigenvalue weighted by molar-refractivity contribution is 5.68. The molecular formula is C11H17FN2O3. The summed E-state index contributed by atoms with van der Waals surface area (Å²) >= 11 is 0. The van der Waals surface area contributed by atoms with Gasteiger partial charge >= 0.3 is 6.09 Å². The topological polar surface area (TPSA) is 64.4 Å². The SMILES string of the molecule is C[C@@H](NC(=O)OC(C)(C)C)c1cc(CF)on1. The number of alkyl carbamates (subject to hydrolysis) is 1. The molecule has 0 radical (unpaired) electrons. The molecule has 0 aliphatic carbocycles. The number of halogens is 1. The van der Waals surface area contributed by atoms with Gasteiger partial charge in [0.15, 0.2) is 5.76 Å². The average Bonchev–Trinajstić information content (AvgIpc) is 2.62. The first-order chi connectivity index (χ1) is 7.81. The van der Waals surface area contributed by atoms with Crippen LogP contribution in [-0.4, -0.2) is 16.9 Å². The van der Waals surface area contributed by atoms with Crippen molar-refractivity contribution in [1.29, 1.82) is 0 Å². The molecule has 17 heavy (non-hydrogen) atoms. The van der Waals surface area contributed by atoms with Crippen LogP contribution in [0.4, 0.5) is 9.18 Å². The molecule has 1 atom stereocenters. The Labute approximate surface area is 99.3 Å². The minimum Gasteiger partial charge on any atom is -0.444 e.